The van der Waals surface area contributed by atoms with Gasteiger partial charge in [-0.2, -0.15) is 0 Å². The molecule has 2 heterocycles. The second-order valence-electron chi connectivity index (χ2n) is 7.25. The third kappa shape index (κ3) is 5.74. The molecule has 3 N–H and O–H groups in total. The lowest BCUT2D eigenvalue weighted by molar-refractivity contribution is 0.102. The van der Waals surface area contributed by atoms with Crippen molar-refractivity contribution in [2.75, 3.05) is 5.32 Å². The fraction of sp³-hybridized carbons (Fsp3) is 0.0800. The minimum absolute atomic E-state index is 0.228. The fourth-order valence-corrected chi connectivity index (χ4v) is 3.73. The Kier molecular flexibility index (Phi) is 7.32. The second kappa shape index (κ2) is 10.6. The molecule has 2 aromatic carbocycles. The third-order valence-corrected chi connectivity index (χ3v) is 5.58. The number of halogens is 2. The summed E-state index contributed by atoms with van der Waals surface area (Å²) in [5.74, 6) is -0.376. The third-order valence-electron chi connectivity index (χ3n) is 4.94. The van der Waals surface area contributed by atoms with Crippen molar-refractivity contribution in [2.45, 2.75) is 12.8 Å². The Hall–Kier alpha value is -3.29. The summed E-state index contributed by atoms with van der Waals surface area (Å²) in [4.78, 5) is 21.2. The van der Waals surface area contributed by atoms with Crippen molar-refractivity contribution in [1.29, 1.82) is 0 Å². The van der Waals surface area contributed by atoms with Crippen LogP contribution in [0.15, 0.2) is 85.3 Å². The number of nitrogens with one attached hydrogen (secondary N) is 2. The number of carbonyl (C=O) groups excluding carboxylic acids is 1. The van der Waals surface area contributed by atoms with Crippen LogP contribution in [0.1, 0.15) is 27.7 Å². The topological polar surface area (TPSA) is 87.1 Å². The predicted octanol–water partition coefficient (Wildman–Crippen LogP) is 5.48. The molecule has 0 radical (unpaired) electrons. The van der Waals surface area contributed by atoms with Gasteiger partial charge < -0.3 is 10.4 Å². The summed E-state index contributed by atoms with van der Waals surface area (Å²) in [6, 6.07) is 19.2. The first-order valence-corrected chi connectivity index (χ1v) is 10.9. The van der Waals surface area contributed by atoms with Crippen LogP contribution in [0.5, 0.6) is 0 Å². The lowest BCUT2D eigenvalue weighted by atomic mass is 10.1. The Bertz CT molecular complexity index is 1250. The highest BCUT2D eigenvalue weighted by atomic mass is 35.5. The molecule has 4 rings (SSSR count). The average Bonchev–Trinajstić information content (AvgIpc) is 2.84. The molecule has 8 heteroatoms. The first-order chi connectivity index (χ1) is 16.0. The molecule has 2 aromatic heterocycles. The molecule has 0 aliphatic heterocycles. The molecular weight excluding hydrogens is 459 g/mol. The molecule has 0 aliphatic carbocycles. The van der Waals surface area contributed by atoms with Crippen molar-refractivity contribution in [3.05, 3.63) is 112 Å². The van der Waals surface area contributed by atoms with Gasteiger partial charge >= 0.3 is 0 Å². The van der Waals surface area contributed by atoms with E-state index < -0.39 is 6.23 Å². The molecule has 0 spiro atoms. The molecule has 0 saturated carbocycles. The maximum Gasteiger partial charge on any atom is 0.257 e. The van der Waals surface area contributed by atoms with Gasteiger partial charge in [0, 0.05) is 36.4 Å². The summed E-state index contributed by atoms with van der Waals surface area (Å²) in [6.45, 7) is 0.435. The quantitative estimate of drug-likeness (QED) is 0.306. The zero-order chi connectivity index (χ0) is 23.2. The molecule has 0 saturated heterocycles. The van der Waals surface area contributed by atoms with Gasteiger partial charge in [0.2, 0.25) is 0 Å². The van der Waals surface area contributed by atoms with Crippen molar-refractivity contribution in [3.8, 4) is 11.3 Å². The fourth-order valence-electron chi connectivity index (χ4n) is 3.24. The van der Waals surface area contributed by atoms with E-state index in [4.69, 9.17) is 23.2 Å². The van der Waals surface area contributed by atoms with Crippen LogP contribution in [-0.4, -0.2) is 21.0 Å². The Labute approximate surface area is 201 Å². The van der Waals surface area contributed by atoms with Gasteiger partial charge in [-0.1, -0.05) is 41.4 Å². The molecule has 0 bridgehead atoms. The summed E-state index contributed by atoms with van der Waals surface area (Å²) in [5, 5.41) is 17.0. The summed E-state index contributed by atoms with van der Waals surface area (Å²) < 4.78 is 0. The Balaban J connectivity index is 1.46. The summed E-state index contributed by atoms with van der Waals surface area (Å²) in [7, 11) is 0. The van der Waals surface area contributed by atoms with Gasteiger partial charge in [0.15, 0.2) is 0 Å². The van der Waals surface area contributed by atoms with Crippen LogP contribution in [0.3, 0.4) is 0 Å². The Morgan fingerprint density at radius 3 is 2.58 bits per heavy atom. The van der Waals surface area contributed by atoms with E-state index in [2.05, 4.69) is 20.6 Å². The van der Waals surface area contributed by atoms with E-state index in [1.807, 2.05) is 30.3 Å². The summed E-state index contributed by atoms with van der Waals surface area (Å²) in [6.07, 6.45) is 4.14. The highest BCUT2D eigenvalue weighted by Gasteiger charge is 2.15. The standard InChI is InChI=1S/C25H20Cl2N4O2/c26-21-9-7-18(13-20(21)23-5-1-2-11-29-23)31-25(33)19-8-6-17(12-22(19)27)24(32)30-15-16-4-3-10-28-14-16/h1-14,24,30,32H,15H2,(H,31,33). The number of benzene rings is 2. The maximum atomic E-state index is 12.8. The van der Waals surface area contributed by atoms with Gasteiger partial charge in [0.05, 0.1) is 21.3 Å². The number of aromatic nitrogens is 2. The first kappa shape index (κ1) is 22.9. The minimum Gasteiger partial charge on any atom is -0.374 e. The number of aliphatic hydroxyl groups is 1. The van der Waals surface area contributed by atoms with Gasteiger partial charge in [0.1, 0.15) is 6.23 Å². The summed E-state index contributed by atoms with van der Waals surface area (Å²) in [5.41, 5.74) is 3.74. The molecule has 4 aromatic rings. The number of carbonyl (C=O) groups is 1. The molecule has 6 nitrogen and oxygen atoms in total. The molecule has 0 fully saturated rings. The van der Waals surface area contributed by atoms with Gasteiger partial charge in [-0.05, 0) is 59.7 Å². The van der Waals surface area contributed by atoms with Crippen molar-refractivity contribution < 1.29 is 9.90 Å². The summed E-state index contributed by atoms with van der Waals surface area (Å²) >= 11 is 12.7. The SMILES string of the molecule is O=C(Nc1ccc(Cl)c(-c2ccccn2)c1)c1ccc(C(O)NCc2cccnc2)cc1Cl. The lowest BCUT2D eigenvalue weighted by Gasteiger charge is -2.15. The van der Waals surface area contributed by atoms with E-state index in [1.165, 1.54) is 0 Å². The van der Waals surface area contributed by atoms with E-state index in [-0.39, 0.29) is 16.5 Å². The molecule has 1 amide bonds. The van der Waals surface area contributed by atoms with Gasteiger partial charge in [0.25, 0.3) is 5.91 Å². The number of rotatable bonds is 7. The zero-order valence-corrected chi connectivity index (χ0v) is 18.9. The predicted molar refractivity (Wildman–Crippen MR) is 130 cm³/mol. The van der Waals surface area contributed by atoms with Crippen LogP contribution >= 0.6 is 23.2 Å². The van der Waals surface area contributed by atoms with Crippen LogP contribution in [0.4, 0.5) is 5.69 Å². The van der Waals surface area contributed by atoms with Crippen LogP contribution in [0.2, 0.25) is 10.0 Å². The van der Waals surface area contributed by atoms with Crippen LogP contribution in [-0.2, 0) is 6.54 Å². The van der Waals surface area contributed by atoms with Gasteiger partial charge in [-0.25, -0.2) is 0 Å². The first-order valence-electron chi connectivity index (χ1n) is 10.1. The van der Waals surface area contributed by atoms with E-state index in [1.54, 1.807) is 55.0 Å². The average molecular weight is 479 g/mol. The largest absolute Gasteiger partial charge is 0.374 e. The number of hydrogen-bond donors (Lipinski definition) is 3. The minimum atomic E-state index is -0.947. The molecule has 33 heavy (non-hydrogen) atoms. The number of pyridine rings is 2. The van der Waals surface area contributed by atoms with E-state index in [0.29, 0.717) is 34.1 Å². The number of amides is 1. The Morgan fingerprint density at radius 1 is 0.970 bits per heavy atom. The van der Waals surface area contributed by atoms with Crippen molar-refractivity contribution in [1.82, 2.24) is 15.3 Å². The number of nitrogens with zero attached hydrogens (tertiary/aromatic N) is 2. The molecule has 1 unspecified atom stereocenters. The number of aliphatic hydroxyl groups excluding tert-OH is 1. The van der Waals surface area contributed by atoms with Crippen molar-refractivity contribution in [2.24, 2.45) is 0 Å². The van der Waals surface area contributed by atoms with Crippen molar-refractivity contribution in [3.63, 3.8) is 0 Å². The maximum absolute atomic E-state index is 12.8. The lowest BCUT2D eigenvalue weighted by Crippen LogP contribution is -2.21. The van der Waals surface area contributed by atoms with Gasteiger partial charge in [-0.3, -0.25) is 20.1 Å². The highest BCUT2D eigenvalue weighted by molar-refractivity contribution is 6.35. The number of anilines is 1. The molecular formula is C25H20Cl2N4O2. The van der Waals surface area contributed by atoms with Crippen LogP contribution in [0.25, 0.3) is 11.3 Å². The molecule has 0 aliphatic rings. The Morgan fingerprint density at radius 2 is 1.85 bits per heavy atom. The van der Waals surface area contributed by atoms with E-state index in [9.17, 15) is 9.90 Å². The normalized spacial score (nSPS) is 11.7. The smallest absolute Gasteiger partial charge is 0.257 e. The molecule has 166 valence electrons. The van der Waals surface area contributed by atoms with E-state index in [0.717, 1.165) is 5.56 Å². The molecule has 1 atom stereocenters. The van der Waals surface area contributed by atoms with Gasteiger partial charge in [-0.15, -0.1) is 0 Å². The zero-order valence-electron chi connectivity index (χ0n) is 17.4. The van der Waals surface area contributed by atoms with Crippen molar-refractivity contribution >= 4 is 34.8 Å². The second-order valence-corrected chi connectivity index (χ2v) is 8.06. The monoisotopic (exact) mass is 478 g/mol. The number of hydrogen-bond acceptors (Lipinski definition) is 5. The van der Waals surface area contributed by atoms with E-state index >= 15 is 0 Å². The highest BCUT2D eigenvalue weighted by Crippen LogP contribution is 2.30. The van der Waals surface area contributed by atoms with Crippen LogP contribution in [0, 0.1) is 0 Å². The van der Waals surface area contributed by atoms with Crippen LogP contribution < -0.4 is 10.6 Å².